The highest BCUT2D eigenvalue weighted by atomic mass is 19.1. The molecule has 0 unspecified atom stereocenters. The van der Waals surface area contributed by atoms with E-state index in [0.717, 1.165) is 38.0 Å². The lowest BCUT2D eigenvalue weighted by Gasteiger charge is -2.32. The number of halogens is 1. The largest absolute Gasteiger partial charge is 0.349 e. The number of carbonyl (C=O) groups is 1. The minimum atomic E-state index is -0.202. The van der Waals surface area contributed by atoms with E-state index in [9.17, 15) is 9.18 Å². The van der Waals surface area contributed by atoms with Crippen LogP contribution in [0.4, 0.5) is 4.39 Å². The minimum Gasteiger partial charge on any atom is -0.349 e. The monoisotopic (exact) mass is 368 g/mol. The van der Waals surface area contributed by atoms with Gasteiger partial charge in [-0.1, -0.05) is 35.9 Å². The summed E-state index contributed by atoms with van der Waals surface area (Å²) in [5.41, 5.74) is 4.73. The molecule has 0 aromatic heterocycles. The molecular formula is C23H29FN2O. The summed E-state index contributed by atoms with van der Waals surface area (Å²) in [4.78, 5) is 15.0. The number of rotatable bonds is 5. The molecule has 0 spiro atoms. The molecule has 27 heavy (non-hydrogen) atoms. The lowest BCUT2D eigenvalue weighted by molar-refractivity contribution is -0.127. The third kappa shape index (κ3) is 5.16. The fourth-order valence-corrected chi connectivity index (χ4v) is 3.84. The molecule has 144 valence electrons. The van der Waals surface area contributed by atoms with Crippen LogP contribution in [0, 0.1) is 25.6 Å². The third-order valence-corrected chi connectivity index (χ3v) is 5.54. The Kier molecular flexibility index (Phi) is 6.27. The van der Waals surface area contributed by atoms with Gasteiger partial charge in [-0.3, -0.25) is 9.69 Å². The average molecular weight is 368 g/mol. The molecule has 0 bridgehead atoms. The van der Waals surface area contributed by atoms with Crippen molar-refractivity contribution in [1.29, 1.82) is 0 Å². The number of likely N-dealkylation sites (tertiary alicyclic amines) is 1. The van der Waals surface area contributed by atoms with Gasteiger partial charge in [0.2, 0.25) is 5.91 Å². The number of hydrogen-bond acceptors (Lipinski definition) is 2. The number of nitrogens with one attached hydrogen (secondary N) is 1. The van der Waals surface area contributed by atoms with Crippen LogP contribution in [0.25, 0.3) is 0 Å². The highest BCUT2D eigenvalue weighted by Crippen LogP contribution is 2.23. The first-order valence-corrected chi connectivity index (χ1v) is 9.76. The Hall–Kier alpha value is -2.20. The van der Waals surface area contributed by atoms with E-state index in [2.05, 4.69) is 49.2 Å². The van der Waals surface area contributed by atoms with Crippen LogP contribution in [0.3, 0.4) is 0 Å². The summed E-state index contributed by atoms with van der Waals surface area (Å²) in [6.45, 7) is 8.83. The van der Waals surface area contributed by atoms with Gasteiger partial charge in [-0.15, -0.1) is 0 Å². The van der Waals surface area contributed by atoms with Gasteiger partial charge in [0, 0.05) is 12.5 Å². The van der Waals surface area contributed by atoms with E-state index in [1.807, 2.05) is 12.1 Å². The Labute approximate surface area is 161 Å². The number of carbonyl (C=O) groups excluding carboxylic acids is 1. The first kappa shape index (κ1) is 19.6. The molecular weight excluding hydrogens is 339 g/mol. The van der Waals surface area contributed by atoms with E-state index < -0.39 is 0 Å². The van der Waals surface area contributed by atoms with Gasteiger partial charge in [0.15, 0.2) is 0 Å². The van der Waals surface area contributed by atoms with E-state index in [4.69, 9.17) is 0 Å². The van der Waals surface area contributed by atoms with Gasteiger partial charge in [0.1, 0.15) is 5.82 Å². The molecule has 0 aliphatic carbocycles. The van der Waals surface area contributed by atoms with Gasteiger partial charge in [-0.25, -0.2) is 4.39 Å². The first-order chi connectivity index (χ1) is 12.9. The summed E-state index contributed by atoms with van der Waals surface area (Å²) < 4.78 is 13.0. The van der Waals surface area contributed by atoms with Crippen molar-refractivity contribution in [3.05, 3.63) is 70.5 Å². The van der Waals surface area contributed by atoms with Gasteiger partial charge in [0.05, 0.1) is 6.04 Å². The van der Waals surface area contributed by atoms with Crippen molar-refractivity contribution in [3.63, 3.8) is 0 Å². The Bertz CT molecular complexity index is 779. The third-order valence-electron chi connectivity index (χ3n) is 5.54. The topological polar surface area (TPSA) is 32.3 Å². The van der Waals surface area contributed by atoms with Crippen molar-refractivity contribution in [1.82, 2.24) is 10.2 Å². The van der Waals surface area contributed by atoms with Crippen molar-refractivity contribution in [2.75, 3.05) is 13.1 Å². The summed E-state index contributed by atoms with van der Waals surface area (Å²) >= 11 is 0. The molecule has 1 heterocycles. The summed E-state index contributed by atoms with van der Waals surface area (Å²) in [5.74, 6) is 0.0268. The van der Waals surface area contributed by atoms with Crippen molar-refractivity contribution in [3.8, 4) is 0 Å². The zero-order chi connectivity index (χ0) is 19.4. The van der Waals surface area contributed by atoms with Crippen LogP contribution in [-0.4, -0.2) is 23.9 Å². The predicted octanol–water partition coefficient (Wildman–Crippen LogP) is 4.53. The standard InChI is InChI=1S/C23H29FN2O/c1-16-4-5-17(2)22(14-16)18(3)25-23(27)20-10-12-26(13-11-20)15-19-6-8-21(24)9-7-19/h4-9,14,18,20H,10-13,15H2,1-3H3,(H,25,27)/t18-/m0/s1. The maximum atomic E-state index is 13.0. The molecule has 1 N–H and O–H groups in total. The summed E-state index contributed by atoms with van der Waals surface area (Å²) in [5, 5.41) is 3.21. The van der Waals surface area contributed by atoms with Crippen LogP contribution in [-0.2, 0) is 11.3 Å². The molecule has 1 atom stereocenters. The van der Waals surface area contributed by atoms with Crippen LogP contribution in [0.1, 0.15) is 48.1 Å². The number of amides is 1. The second-order valence-corrected chi connectivity index (χ2v) is 7.77. The maximum Gasteiger partial charge on any atom is 0.223 e. The predicted molar refractivity (Wildman–Crippen MR) is 107 cm³/mol. The van der Waals surface area contributed by atoms with Gasteiger partial charge < -0.3 is 5.32 Å². The molecule has 1 aliphatic rings. The quantitative estimate of drug-likeness (QED) is 0.841. The lowest BCUT2D eigenvalue weighted by atomic mass is 9.94. The SMILES string of the molecule is Cc1ccc(C)c([C@H](C)NC(=O)C2CCN(Cc3ccc(F)cc3)CC2)c1. The van der Waals surface area contributed by atoms with E-state index in [1.54, 1.807) is 0 Å². The van der Waals surface area contributed by atoms with E-state index in [1.165, 1.54) is 28.8 Å². The number of nitrogens with zero attached hydrogens (tertiary/aromatic N) is 1. The molecule has 1 fully saturated rings. The summed E-state index contributed by atoms with van der Waals surface area (Å²) in [7, 11) is 0. The summed E-state index contributed by atoms with van der Waals surface area (Å²) in [6, 6.07) is 13.1. The fourth-order valence-electron chi connectivity index (χ4n) is 3.84. The van der Waals surface area contributed by atoms with Gasteiger partial charge in [-0.2, -0.15) is 0 Å². The molecule has 1 amide bonds. The van der Waals surface area contributed by atoms with Gasteiger partial charge in [0.25, 0.3) is 0 Å². The highest BCUT2D eigenvalue weighted by molar-refractivity contribution is 5.79. The van der Waals surface area contributed by atoms with E-state index in [0.29, 0.717) is 0 Å². The van der Waals surface area contributed by atoms with Crippen LogP contribution in [0.15, 0.2) is 42.5 Å². The normalized spacial score (nSPS) is 16.9. The van der Waals surface area contributed by atoms with Crippen LogP contribution >= 0.6 is 0 Å². The van der Waals surface area contributed by atoms with Gasteiger partial charge in [-0.05, 0) is 75.5 Å². The van der Waals surface area contributed by atoms with Crippen molar-refractivity contribution < 1.29 is 9.18 Å². The zero-order valence-corrected chi connectivity index (χ0v) is 16.5. The van der Waals surface area contributed by atoms with Gasteiger partial charge >= 0.3 is 0 Å². The lowest BCUT2D eigenvalue weighted by Crippen LogP contribution is -2.41. The molecule has 1 saturated heterocycles. The smallest absolute Gasteiger partial charge is 0.223 e. The minimum absolute atomic E-state index is 0.0228. The second-order valence-electron chi connectivity index (χ2n) is 7.77. The molecule has 2 aromatic carbocycles. The molecule has 2 aromatic rings. The first-order valence-electron chi connectivity index (χ1n) is 9.76. The van der Waals surface area contributed by atoms with Crippen molar-refractivity contribution >= 4 is 5.91 Å². The van der Waals surface area contributed by atoms with E-state index in [-0.39, 0.29) is 23.7 Å². The van der Waals surface area contributed by atoms with Crippen LogP contribution < -0.4 is 5.32 Å². The number of hydrogen-bond donors (Lipinski definition) is 1. The van der Waals surface area contributed by atoms with Crippen LogP contribution in [0.5, 0.6) is 0 Å². The van der Waals surface area contributed by atoms with Crippen molar-refractivity contribution in [2.24, 2.45) is 5.92 Å². The average Bonchev–Trinajstić information content (AvgIpc) is 2.66. The zero-order valence-electron chi connectivity index (χ0n) is 16.5. The molecule has 0 saturated carbocycles. The molecule has 3 rings (SSSR count). The molecule has 4 heteroatoms. The highest BCUT2D eigenvalue weighted by Gasteiger charge is 2.26. The Morgan fingerprint density at radius 1 is 1.15 bits per heavy atom. The second kappa shape index (κ2) is 8.66. The van der Waals surface area contributed by atoms with Crippen molar-refractivity contribution in [2.45, 2.75) is 46.2 Å². The Balaban J connectivity index is 1.50. The maximum absolute atomic E-state index is 13.0. The fraction of sp³-hybridized carbons (Fsp3) is 0.435. The number of benzene rings is 2. The van der Waals surface area contributed by atoms with E-state index >= 15 is 0 Å². The molecule has 3 nitrogen and oxygen atoms in total. The Morgan fingerprint density at radius 2 is 1.81 bits per heavy atom. The summed E-state index contributed by atoms with van der Waals surface area (Å²) in [6.07, 6.45) is 1.74. The Morgan fingerprint density at radius 3 is 2.48 bits per heavy atom. The molecule has 0 radical (unpaired) electrons. The van der Waals surface area contributed by atoms with Crippen LogP contribution in [0.2, 0.25) is 0 Å². The number of aryl methyl sites for hydroxylation is 2. The number of piperidine rings is 1. The molecule has 1 aliphatic heterocycles.